The van der Waals surface area contributed by atoms with Crippen LogP contribution in [0.15, 0.2) is 42.5 Å². The van der Waals surface area contributed by atoms with Crippen molar-refractivity contribution >= 4 is 46.6 Å². The smallest absolute Gasteiger partial charge is 0.279 e. The number of carbonyl (C=O) groups is 3. The fourth-order valence-corrected chi connectivity index (χ4v) is 2.83. The molecule has 0 saturated heterocycles. The van der Waals surface area contributed by atoms with Crippen molar-refractivity contribution in [2.24, 2.45) is 0 Å². The molecule has 0 bridgehead atoms. The maximum Gasteiger partial charge on any atom is 0.279 e. The fraction of sp³-hybridized carbons (Fsp3) is 0.286. The number of ether oxygens (including phenoxy) is 1. The topological polar surface area (TPSA) is 96.5 Å². The van der Waals surface area contributed by atoms with Crippen LogP contribution in [0.2, 0.25) is 10.0 Å². The van der Waals surface area contributed by atoms with Crippen LogP contribution in [0.25, 0.3) is 0 Å². The van der Waals surface area contributed by atoms with Gasteiger partial charge in [0.1, 0.15) is 5.75 Å². The summed E-state index contributed by atoms with van der Waals surface area (Å²) in [7, 11) is 0. The summed E-state index contributed by atoms with van der Waals surface area (Å²) in [6.45, 7) is 3.53. The molecule has 2 rings (SSSR count). The first-order valence-corrected chi connectivity index (χ1v) is 10.2. The SMILES string of the molecule is CCCCC(=O)Nc1ccc(C(=O)NNC(=O)C(C)Oc2ccc(Cl)cc2Cl)cc1. The Kier molecular flexibility index (Phi) is 8.95. The molecule has 2 aromatic rings. The first kappa shape index (κ1) is 23.5. The van der Waals surface area contributed by atoms with E-state index in [9.17, 15) is 14.4 Å². The Labute approximate surface area is 185 Å². The lowest BCUT2D eigenvalue weighted by atomic mass is 10.2. The lowest BCUT2D eigenvalue weighted by Crippen LogP contribution is -2.47. The minimum atomic E-state index is -0.912. The Hall–Kier alpha value is -2.77. The fourth-order valence-electron chi connectivity index (χ4n) is 2.37. The summed E-state index contributed by atoms with van der Waals surface area (Å²) in [5.74, 6) is -0.846. The number of hydrogen-bond acceptors (Lipinski definition) is 4. The Balaban J connectivity index is 1.84. The molecule has 7 nitrogen and oxygen atoms in total. The highest BCUT2D eigenvalue weighted by Crippen LogP contribution is 2.28. The second kappa shape index (κ2) is 11.4. The second-order valence-corrected chi connectivity index (χ2v) is 7.35. The third kappa shape index (κ3) is 7.24. The molecule has 3 N–H and O–H groups in total. The van der Waals surface area contributed by atoms with Gasteiger partial charge in [0.05, 0.1) is 5.02 Å². The van der Waals surface area contributed by atoms with E-state index in [1.165, 1.54) is 13.0 Å². The third-order valence-electron chi connectivity index (χ3n) is 4.05. The summed E-state index contributed by atoms with van der Waals surface area (Å²) in [6.07, 6.45) is 1.30. The van der Waals surface area contributed by atoms with Gasteiger partial charge in [0.25, 0.3) is 11.8 Å². The molecular formula is C21H23Cl2N3O4. The number of amides is 3. The van der Waals surface area contributed by atoms with Crippen LogP contribution in [0.5, 0.6) is 5.75 Å². The number of hydrogen-bond donors (Lipinski definition) is 3. The van der Waals surface area contributed by atoms with Crippen molar-refractivity contribution in [2.45, 2.75) is 39.2 Å². The van der Waals surface area contributed by atoms with E-state index in [4.69, 9.17) is 27.9 Å². The molecule has 0 radical (unpaired) electrons. The molecule has 1 unspecified atom stereocenters. The van der Waals surface area contributed by atoms with E-state index < -0.39 is 17.9 Å². The second-order valence-electron chi connectivity index (χ2n) is 6.51. The van der Waals surface area contributed by atoms with Crippen LogP contribution in [0.4, 0.5) is 5.69 Å². The lowest BCUT2D eigenvalue weighted by molar-refractivity contribution is -0.128. The first-order chi connectivity index (χ1) is 14.3. The van der Waals surface area contributed by atoms with Crippen molar-refractivity contribution in [3.8, 4) is 5.75 Å². The number of unbranched alkanes of at least 4 members (excludes halogenated alkanes) is 1. The van der Waals surface area contributed by atoms with E-state index in [0.717, 1.165) is 12.8 Å². The van der Waals surface area contributed by atoms with Crippen molar-refractivity contribution in [3.05, 3.63) is 58.1 Å². The van der Waals surface area contributed by atoms with Crippen LogP contribution < -0.4 is 20.9 Å². The monoisotopic (exact) mass is 451 g/mol. The Bertz CT molecular complexity index is 904. The largest absolute Gasteiger partial charge is 0.479 e. The average molecular weight is 452 g/mol. The minimum absolute atomic E-state index is 0.0731. The normalized spacial score (nSPS) is 11.3. The van der Waals surface area contributed by atoms with Crippen LogP contribution in [0.3, 0.4) is 0 Å². The van der Waals surface area contributed by atoms with Crippen LogP contribution in [-0.4, -0.2) is 23.8 Å². The molecule has 0 saturated carbocycles. The molecule has 0 fully saturated rings. The highest BCUT2D eigenvalue weighted by molar-refractivity contribution is 6.35. The lowest BCUT2D eigenvalue weighted by Gasteiger charge is -2.16. The van der Waals surface area contributed by atoms with Gasteiger partial charge in [-0.25, -0.2) is 0 Å². The van der Waals surface area contributed by atoms with Gasteiger partial charge in [-0.05, 0) is 55.8 Å². The summed E-state index contributed by atoms with van der Waals surface area (Å²) in [4.78, 5) is 36.1. The first-order valence-electron chi connectivity index (χ1n) is 9.42. The average Bonchev–Trinajstić information content (AvgIpc) is 2.72. The highest BCUT2D eigenvalue weighted by Gasteiger charge is 2.17. The summed E-state index contributed by atoms with van der Waals surface area (Å²) in [6, 6.07) is 11.0. The highest BCUT2D eigenvalue weighted by atomic mass is 35.5. The maximum atomic E-state index is 12.2. The zero-order valence-corrected chi connectivity index (χ0v) is 18.1. The molecule has 160 valence electrons. The maximum absolute atomic E-state index is 12.2. The van der Waals surface area contributed by atoms with E-state index in [1.807, 2.05) is 6.92 Å². The zero-order chi connectivity index (χ0) is 22.1. The van der Waals surface area contributed by atoms with Gasteiger partial charge in [0.2, 0.25) is 5.91 Å². The molecule has 3 amide bonds. The van der Waals surface area contributed by atoms with Gasteiger partial charge in [0.15, 0.2) is 6.10 Å². The number of carbonyl (C=O) groups excluding carboxylic acids is 3. The number of hydrazine groups is 1. The zero-order valence-electron chi connectivity index (χ0n) is 16.6. The van der Waals surface area contributed by atoms with Crippen molar-refractivity contribution in [1.29, 1.82) is 0 Å². The van der Waals surface area contributed by atoms with E-state index >= 15 is 0 Å². The predicted molar refractivity (Wildman–Crippen MR) is 117 cm³/mol. The molecule has 0 heterocycles. The molecule has 2 aromatic carbocycles. The van der Waals surface area contributed by atoms with Gasteiger partial charge >= 0.3 is 0 Å². The predicted octanol–water partition coefficient (Wildman–Crippen LogP) is 4.35. The Morgan fingerprint density at radius 3 is 2.37 bits per heavy atom. The third-order valence-corrected chi connectivity index (χ3v) is 4.58. The van der Waals surface area contributed by atoms with Crippen LogP contribution in [-0.2, 0) is 9.59 Å². The molecule has 0 aliphatic carbocycles. The number of benzene rings is 2. The summed E-state index contributed by atoms with van der Waals surface area (Å²) in [5.41, 5.74) is 5.53. The number of nitrogens with one attached hydrogen (secondary N) is 3. The standard InChI is InChI=1S/C21H23Cl2N3O4/c1-3-4-5-19(27)24-16-9-6-14(7-10-16)21(29)26-25-20(28)13(2)30-18-11-8-15(22)12-17(18)23/h6-13H,3-5H2,1-2H3,(H,24,27)(H,25,28)(H,26,29). The summed E-state index contributed by atoms with van der Waals surface area (Å²) in [5, 5.41) is 3.48. The van der Waals surface area contributed by atoms with Crippen LogP contribution in [0, 0.1) is 0 Å². The molecule has 0 aliphatic rings. The van der Waals surface area contributed by atoms with Crippen molar-refractivity contribution in [1.82, 2.24) is 10.9 Å². The molecule has 9 heteroatoms. The quantitative estimate of drug-likeness (QED) is 0.519. The van der Waals surface area contributed by atoms with Crippen molar-refractivity contribution in [3.63, 3.8) is 0 Å². The van der Waals surface area contributed by atoms with Gasteiger partial charge in [-0.1, -0.05) is 36.5 Å². The van der Waals surface area contributed by atoms with E-state index in [-0.39, 0.29) is 10.9 Å². The molecule has 1 atom stereocenters. The summed E-state index contributed by atoms with van der Waals surface area (Å²) < 4.78 is 5.49. The van der Waals surface area contributed by atoms with Gasteiger partial charge in [-0.15, -0.1) is 0 Å². The molecule has 0 spiro atoms. The molecule has 0 aliphatic heterocycles. The minimum Gasteiger partial charge on any atom is -0.479 e. The van der Waals surface area contributed by atoms with Crippen LogP contribution in [0.1, 0.15) is 43.5 Å². The van der Waals surface area contributed by atoms with Gasteiger partial charge < -0.3 is 10.1 Å². The van der Waals surface area contributed by atoms with Gasteiger partial charge in [0, 0.05) is 22.7 Å². The summed E-state index contributed by atoms with van der Waals surface area (Å²) >= 11 is 11.8. The van der Waals surface area contributed by atoms with E-state index in [1.54, 1.807) is 36.4 Å². The molecule has 30 heavy (non-hydrogen) atoms. The van der Waals surface area contributed by atoms with E-state index in [2.05, 4.69) is 16.2 Å². The molecular weight excluding hydrogens is 429 g/mol. The number of anilines is 1. The number of rotatable bonds is 8. The van der Waals surface area contributed by atoms with Gasteiger partial charge in [-0.3, -0.25) is 25.2 Å². The van der Waals surface area contributed by atoms with Crippen molar-refractivity contribution in [2.75, 3.05) is 5.32 Å². The van der Waals surface area contributed by atoms with Gasteiger partial charge in [-0.2, -0.15) is 0 Å². The number of halogens is 2. The Morgan fingerprint density at radius 2 is 1.73 bits per heavy atom. The van der Waals surface area contributed by atoms with Crippen LogP contribution >= 0.6 is 23.2 Å². The Morgan fingerprint density at radius 1 is 1.03 bits per heavy atom. The molecule has 0 aromatic heterocycles. The van der Waals surface area contributed by atoms with E-state index in [0.29, 0.717) is 28.4 Å². The van der Waals surface area contributed by atoms with Crippen molar-refractivity contribution < 1.29 is 19.1 Å².